The fraction of sp³-hybridized carbons (Fsp3) is 0.0909. The van der Waals surface area contributed by atoms with Crippen molar-refractivity contribution in [2.24, 2.45) is 0 Å². The second-order valence-electron chi connectivity index (χ2n) is 6.37. The standard InChI is InChI=1S/C22H19ClFN3O2/c1-14-6-9-16(24)12-20(14)27-21(28)13-25-19-5-3-2-4-18(19)22(29)26-17-10-7-15(23)8-11-17/h2-12,25H,13H2,1H3,(H,26,29)(H,27,28). The molecule has 0 aliphatic heterocycles. The van der Waals surface area contributed by atoms with E-state index in [0.717, 1.165) is 5.56 Å². The summed E-state index contributed by atoms with van der Waals surface area (Å²) in [6.45, 7) is 1.69. The monoisotopic (exact) mass is 411 g/mol. The number of anilines is 3. The second-order valence-corrected chi connectivity index (χ2v) is 6.80. The summed E-state index contributed by atoms with van der Waals surface area (Å²) in [5, 5.41) is 8.98. The van der Waals surface area contributed by atoms with Crippen LogP contribution in [0.5, 0.6) is 0 Å². The van der Waals surface area contributed by atoms with Crippen LogP contribution < -0.4 is 16.0 Å². The molecule has 2 amide bonds. The lowest BCUT2D eigenvalue weighted by Crippen LogP contribution is -2.23. The van der Waals surface area contributed by atoms with E-state index in [0.29, 0.717) is 27.6 Å². The Bertz CT molecular complexity index is 1040. The SMILES string of the molecule is Cc1ccc(F)cc1NC(=O)CNc1ccccc1C(=O)Nc1ccc(Cl)cc1. The van der Waals surface area contributed by atoms with Crippen molar-refractivity contribution < 1.29 is 14.0 Å². The number of hydrogen-bond acceptors (Lipinski definition) is 3. The number of nitrogens with one attached hydrogen (secondary N) is 3. The van der Waals surface area contributed by atoms with Crippen LogP contribution in [-0.2, 0) is 4.79 Å². The van der Waals surface area contributed by atoms with E-state index in [1.807, 2.05) is 0 Å². The molecule has 0 aliphatic rings. The number of hydrogen-bond donors (Lipinski definition) is 3. The van der Waals surface area contributed by atoms with E-state index in [2.05, 4.69) is 16.0 Å². The third kappa shape index (κ3) is 5.56. The Morgan fingerprint density at radius 2 is 1.66 bits per heavy atom. The van der Waals surface area contributed by atoms with Crippen LogP contribution in [0.1, 0.15) is 15.9 Å². The summed E-state index contributed by atoms with van der Waals surface area (Å²) in [4.78, 5) is 24.9. The Balaban J connectivity index is 1.65. The number of carbonyl (C=O) groups excluding carboxylic acids is 2. The highest BCUT2D eigenvalue weighted by Gasteiger charge is 2.13. The number of halogens is 2. The van der Waals surface area contributed by atoms with Crippen molar-refractivity contribution in [3.63, 3.8) is 0 Å². The number of amides is 2. The number of para-hydroxylation sites is 1. The Morgan fingerprint density at radius 1 is 0.931 bits per heavy atom. The molecule has 3 N–H and O–H groups in total. The molecule has 29 heavy (non-hydrogen) atoms. The molecule has 0 spiro atoms. The molecule has 0 atom stereocenters. The molecule has 0 fully saturated rings. The average molecular weight is 412 g/mol. The van der Waals surface area contributed by atoms with Gasteiger partial charge in [0.2, 0.25) is 5.91 Å². The molecule has 3 aromatic carbocycles. The van der Waals surface area contributed by atoms with Crippen molar-refractivity contribution >= 4 is 40.5 Å². The van der Waals surface area contributed by atoms with Crippen molar-refractivity contribution in [1.29, 1.82) is 0 Å². The van der Waals surface area contributed by atoms with E-state index in [-0.39, 0.29) is 18.4 Å². The molecule has 0 radical (unpaired) electrons. The zero-order chi connectivity index (χ0) is 20.8. The minimum absolute atomic E-state index is 0.0822. The Kier molecular flexibility index (Phi) is 6.46. The van der Waals surface area contributed by atoms with Crippen molar-refractivity contribution in [2.75, 3.05) is 22.5 Å². The molecular formula is C22H19ClFN3O2. The van der Waals surface area contributed by atoms with E-state index in [1.165, 1.54) is 12.1 Å². The van der Waals surface area contributed by atoms with Gasteiger partial charge in [-0.05, 0) is 61.0 Å². The molecule has 0 bridgehead atoms. The van der Waals surface area contributed by atoms with Gasteiger partial charge >= 0.3 is 0 Å². The second kappa shape index (κ2) is 9.21. The number of carbonyl (C=O) groups is 2. The Hall–Kier alpha value is -3.38. The molecule has 0 saturated heterocycles. The molecule has 0 unspecified atom stereocenters. The molecule has 0 aromatic heterocycles. The average Bonchev–Trinajstić information content (AvgIpc) is 2.71. The number of rotatable bonds is 6. The summed E-state index contributed by atoms with van der Waals surface area (Å²) >= 11 is 5.86. The fourth-order valence-electron chi connectivity index (χ4n) is 2.67. The summed E-state index contributed by atoms with van der Waals surface area (Å²) in [5.41, 5.74) is 2.66. The summed E-state index contributed by atoms with van der Waals surface area (Å²) in [7, 11) is 0. The summed E-state index contributed by atoms with van der Waals surface area (Å²) in [6.07, 6.45) is 0. The van der Waals surface area contributed by atoms with Crippen molar-refractivity contribution in [3.05, 3.63) is 88.7 Å². The van der Waals surface area contributed by atoms with Gasteiger partial charge in [0.25, 0.3) is 5.91 Å². The highest BCUT2D eigenvalue weighted by atomic mass is 35.5. The van der Waals surface area contributed by atoms with Gasteiger partial charge in [-0.15, -0.1) is 0 Å². The maximum absolute atomic E-state index is 13.4. The molecule has 5 nitrogen and oxygen atoms in total. The highest BCUT2D eigenvalue weighted by molar-refractivity contribution is 6.30. The Morgan fingerprint density at radius 3 is 2.41 bits per heavy atom. The van der Waals surface area contributed by atoms with E-state index < -0.39 is 5.82 Å². The third-order valence-electron chi connectivity index (χ3n) is 4.19. The van der Waals surface area contributed by atoms with Gasteiger partial charge in [0.05, 0.1) is 12.1 Å². The van der Waals surface area contributed by atoms with Crippen LogP contribution in [0.15, 0.2) is 66.7 Å². The summed E-state index contributed by atoms with van der Waals surface area (Å²) < 4.78 is 13.4. The molecule has 0 saturated carbocycles. The van der Waals surface area contributed by atoms with Gasteiger partial charge in [-0.1, -0.05) is 29.8 Å². The van der Waals surface area contributed by atoms with E-state index >= 15 is 0 Å². The number of benzene rings is 3. The van der Waals surface area contributed by atoms with E-state index in [4.69, 9.17) is 11.6 Å². The van der Waals surface area contributed by atoms with Gasteiger partial charge in [-0.3, -0.25) is 9.59 Å². The van der Waals surface area contributed by atoms with Gasteiger partial charge in [-0.2, -0.15) is 0 Å². The summed E-state index contributed by atoms with van der Waals surface area (Å²) in [5.74, 6) is -1.11. The first-order valence-corrected chi connectivity index (χ1v) is 9.26. The maximum atomic E-state index is 13.4. The quantitative estimate of drug-likeness (QED) is 0.529. The third-order valence-corrected chi connectivity index (χ3v) is 4.44. The minimum Gasteiger partial charge on any atom is -0.376 e. The van der Waals surface area contributed by atoms with Crippen LogP contribution in [0.4, 0.5) is 21.5 Å². The molecule has 0 aliphatic carbocycles. The topological polar surface area (TPSA) is 70.2 Å². The highest BCUT2D eigenvalue weighted by Crippen LogP contribution is 2.19. The zero-order valence-electron chi connectivity index (χ0n) is 15.6. The van der Waals surface area contributed by atoms with Gasteiger partial charge in [0.1, 0.15) is 5.82 Å². The maximum Gasteiger partial charge on any atom is 0.257 e. The van der Waals surface area contributed by atoms with E-state index in [9.17, 15) is 14.0 Å². The first-order valence-electron chi connectivity index (χ1n) is 8.88. The van der Waals surface area contributed by atoms with Crippen LogP contribution in [0.2, 0.25) is 5.02 Å². The first kappa shape index (κ1) is 20.4. The smallest absolute Gasteiger partial charge is 0.257 e. The van der Waals surface area contributed by atoms with Crippen LogP contribution in [-0.4, -0.2) is 18.4 Å². The van der Waals surface area contributed by atoms with Gasteiger partial charge in [-0.25, -0.2) is 4.39 Å². The fourth-order valence-corrected chi connectivity index (χ4v) is 2.79. The largest absolute Gasteiger partial charge is 0.376 e. The van der Waals surface area contributed by atoms with E-state index in [1.54, 1.807) is 61.5 Å². The molecule has 7 heteroatoms. The molecule has 148 valence electrons. The van der Waals surface area contributed by atoms with Gasteiger partial charge in [0, 0.05) is 22.1 Å². The molecule has 3 rings (SSSR count). The van der Waals surface area contributed by atoms with Crippen molar-refractivity contribution in [2.45, 2.75) is 6.92 Å². The van der Waals surface area contributed by atoms with Gasteiger partial charge < -0.3 is 16.0 Å². The minimum atomic E-state index is -0.428. The molecular weight excluding hydrogens is 393 g/mol. The lowest BCUT2D eigenvalue weighted by Gasteiger charge is -2.13. The summed E-state index contributed by atoms with van der Waals surface area (Å²) in [6, 6.07) is 17.8. The van der Waals surface area contributed by atoms with Gasteiger partial charge in [0.15, 0.2) is 0 Å². The van der Waals surface area contributed by atoms with Crippen molar-refractivity contribution in [1.82, 2.24) is 0 Å². The molecule has 0 heterocycles. The van der Waals surface area contributed by atoms with Crippen LogP contribution >= 0.6 is 11.6 Å². The predicted octanol–water partition coefficient (Wildman–Crippen LogP) is 5.09. The predicted molar refractivity (Wildman–Crippen MR) is 114 cm³/mol. The molecule has 3 aromatic rings. The van der Waals surface area contributed by atoms with Crippen LogP contribution in [0, 0.1) is 12.7 Å². The zero-order valence-corrected chi connectivity index (χ0v) is 16.4. The Labute approximate surface area is 172 Å². The van der Waals surface area contributed by atoms with Crippen LogP contribution in [0.3, 0.4) is 0 Å². The van der Waals surface area contributed by atoms with Crippen LogP contribution in [0.25, 0.3) is 0 Å². The lowest BCUT2D eigenvalue weighted by molar-refractivity contribution is -0.114. The lowest BCUT2D eigenvalue weighted by atomic mass is 10.1. The van der Waals surface area contributed by atoms with Crippen molar-refractivity contribution in [3.8, 4) is 0 Å². The normalized spacial score (nSPS) is 10.3. The number of aryl methyl sites for hydroxylation is 1. The first-order chi connectivity index (χ1) is 13.9.